The average Bonchev–Trinajstić information content (AvgIpc) is 3.22. The minimum Gasteiger partial charge on any atom is -0.458 e. The Labute approximate surface area is 201 Å². The van der Waals surface area contributed by atoms with Gasteiger partial charge in [-0.3, -0.25) is 0 Å². The van der Waals surface area contributed by atoms with Crippen molar-refractivity contribution in [3.63, 3.8) is 0 Å². The summed E-state index contributed by atoms with van der Waals surface area (Å²) in [6.07, 6.45) is 5.41. The van der Waals surface area contributed by atoms with Gasteiger partial charge in [0.25, 0.3) is 0 Å². The van der Waals surface area contributed by atoms with E-state index in [0.717, 1.165) is 31.2 Å². The van der Waals surface area contributed by atoms with Crippen molar-refractivity contribution in [3.05, 3.63) is 58.7 Å². The Bertz CT molecular complexity index is 946. The molecule has 3 N–H and O–H groups in total. The number of aliphatic hydroxyl groups is 2. The fourth-order valence-electron chi connectivity index (χ4n) is 6.72. The highest BCUT2D eigenvalue weighted by Gasteiger charge is 2.57. The topological polar surface area (TPSA) is 78.8 Å². The van der Waals surface area contributed by atoms with Crippen LogP contribution in [0.5, 0.6) is 0 Å². The first-order chi connectivity index (χ1) is 15.7. The Kier molecular flexibility index (Phi) is 7.07. The van der Waals surface area contributed by atoms with Crippen LogP contribution in [-0.4, -0.2) is 41.5 Å². The summed E-state index contributed by atoms with van der Waals surface area (Å²) in [5.41, 5.74) is 2.21. The number of aliphatic hydroxyl groups excluding tert-OH is 2. The molecule has 0 saturated heterocycles. The smallest absolute Gasteiger partial charge is 0.335 e. The molecule has 180 valence electrons. The summed E-state index contributed by atoms with van der Waals surface area (Å²) in [5, 5.41) is 25.3. The lowest BCUT2D eigenvalue weighted by atomic mass is 9.46. The number of rotatable bonds is 7. The van der Waals surface area contributed by atoms with Gasteiger partial charge in [0.15, 0.2) is 0 Å². The molecule has 1 aliphatic heterocycles. The third-order valence-electron chi connectivity index (χ3n) is 8.79. The molecule has 2 aliphatic carbocycles. The van der Waals surface area contributed by atoms with E-state index in [2.05, 4.69) is 18.8 Å². The highest BCUT2D eigenvalue weighted by Crippen LogP contribution is 2.61. The van der Waals surface area contributed by atoms with Crippen molar-refractivity contribution in [1.82, 2.24) is 5.32 Å². The zero-order valence-electron chi connectivity index (χ0n) is 19.6. The standard InChI is InChI=1S/C27H36ClNO4/c1-17-8-9-23-26(2,12-10-24(31)27(23,3)16-30)20(17)14-22(19-11-13-33-25(19)32)29-15-18-6-4-5-7-21(18)28/h4-7,11,20,22-24,29-31H,1,8-10,12-16H2,2-3H3/t20-,22?,23?,24?,26+,27-/m0/s1. The number of carbonyl (C=O) groups is 1. The molecule has 1 aromatic rings. The quantitative estimate of drug-likeness (QED) is 0.403. The van der Waals surface area contributed by atoms with E-state index in [-0.39, 0.29) is 35.9 Å². The van der Waals surface area contributed by atoms with Crippen molar-refractivity contribution >= 4 is 17.6 Å². The summed E-state index contributed by atoms with van der Waals surface area (Å²) in [5.74, 6) is 0.0738. The lowest BCUT2D eigenvalue weighted by molar-refractivity contribution is -0.153. The van der Waals surface area contributed by atoms with Crippen LogP contribution in [0, 0.1) is 22.7 Å². The molecule has 0 spiro atoms. The van der Waals surface area contributed by atoms with Crippen molar-refractivity contribution < 1.29 is 19.7 Å². The number of hydrogen-bond donors (Lipinski definition) is 3. The molecule has 0 aromatic heterocycles. The van der Waals surface area contributed by atoms with Crippen molar-refractivity contribution in [2.45, 2.75) is 64.6 Å². The normalized spacial score (nSPS) is 35.1. The fourth-order valence-corrected chi connectivity index (χ4v) is 6.93. The molecule has 1 heterocycles. The summed E-state index contributed by atoms with van der Waals surface area (Å²) in [7, 11) is 0. The van der Waals surface area contributed by atoms with Gasteiger partial charge >= 0.3 is 5.97 Å². The molecule has 2 fully saturated rings. The van der Waals surface area contributed by atoms with Crippen LogP contribution in [0.15, 0.2) is 48.1 Å². The number of carbonyl (C=O) groups excluding carboxylic acids is 1. The summed E-state index contributed by atoms with van der Waals surface area (Å²) < 4.78 is 5.25. The second kappa shape index (κ2) is 9.53. The van der Waals surface area contributed by atoms with Crippen molar-refractivity contribution in [1.29, 1.82) is 0 Å². The highest BCUT2D eigenvalue weighted by atomic mass is 35.5. The van der Waals surface area contributed by atoms with E-state index >= 15 is 0 Å². The lowest BCUT2D eigenvalue weighted by Crippen LogP contribution is -2.58. The van der Waals surface area contributed by atoms with Crippen molar-refractivity contribution in [2.75, 3.05) is 13.2 Å². The van der Waals surface area contributed by atoms with Gasteiger partial charge in [0.05, 0.1) is 18.3 Å². The van der Waals surface area contributed by atoms with Crippen molar-refractivity contribution in [3.8, 4) is 0 Å². The van der Waals surface area contributed by atoms with Crippen LogP contribution in [0.2, 0.25) is 5.02 Å². The van der Waals surface area contributed by atoms with Crippen LogP contribution in [-0.2, 0) is 16.1 Å². The van der Waals surface area contributed by atoms with Crippen LogP contribution in [0.1, 0.15) is 51.5 Å². The number of fused-ring (bicyclic) bond motifs is 1. The zero-order valence-corrected chi connectivity index (χ0v) is 20.4. The number of halogens is 1. The number of cyclic esters (lactones) is 1. The fraction of sp³-hybridized carbons (Fsp3) is 0.593. The van der Waals surface area contributed by atoms with E-state index in [1.807, 2.05) is 37.3 Å². The van der Waals surface area contributed by atoms with Crippen LogP contribution in [0.25, 0.3) is 0 Å². The Morgan fingerprint density at radius 2 is 2.06 bits per heavy atom. The van der Waals surface area contributed by atoms with E-state index in [0.29, 0.717) is 30.2 Å². The number of ether oxygens (including phenoxy) is 1. The van der Waals surface area contributed by atoms with Crippen LogP contribution >= 0.6 is 11.6 Å². The molecular formula is C27H36ClNO4. The summed E-state index contributed by atoms with van der Waals surface area (Å²) in [6, 6.07) is 7.52. The van der Waals surface area contributed by atoms with Crippen LogP contribution < -0.4 is 5.32 Å². The van der Waals surface area contributed by atoms with Gasteiger partial charge in [0, 0.05) is 23.0 Å². The summed E-state index contributed by atoms with van der Waals surface area (Å²) in [6.45, 7) is 9.58. The molecular weight excluding hydrogens is 438 g/mol. The van der Waals surface area contributed by atoms with Gasteiger partial charge in [0.2, 0.25) is 0 Å². The Balaban J connectivity index is 1.62. The predicted molar refractivity (Wildman–Crippen MR) is 130 cm³/mol. The monoisotopic (exact) mass is 473 g/mol. The predicted octanol–water partition coefficient (Wildman–Crippen LogP) is 4.41. The zero-order chi connectivity index (χ0) is 23.8. The highest BCUT2D eigenvalue weighted by molar-refractivity contribution is 6.31. The number of benzene rings is 1. The molecule has 0 radical (unpaired) electrons. The van der Waals surface area contributed by atoms with E-state index in [4.69, 9.17) is 16.3 Å². The maximum Gasteiger partial charge on any atom is 0.335 e. The van der Waals surface area contributed by atoms with Gasteiger partial charge in [-0.25, -0.2) is 4.79 Å². The van der Waals surface area contributed by atoms with Gasteiger partial charge < -0.3 is 20.3 Å². The van der Waals surface area contributed by atoms with E-state index in [9.17, 15) is 15.0 Å². The first kappa shape index (κ1) is 24.5. The SMILES string of the molecule is C=C1CCC2[C@](C)(CO)C(O)CC[C@]2(C)[C@H]1CC(NCc1ccccc1Cl)C1=CCOC1=O. The lowest BCUT2D eigenvalue weighted by Gasteiger charge is -2.60. The molecule has 2 saturated carbocycles. The maximum absolute atomic E-state index is 12.5. The van der Waals surface area contributed by atoms with E-state index in [1.54, 1.807) is 0 Å². The molecule has 1 aromatic carbocycles. The number of hydrogen-bond acceptors (Lipinski definition) is 5. The average molecular weight is 474 g/mol. The minimum absolute atomic E-state index is 0.0285. The molecule has 6 atom stereocenters. The van der Waals surface area contributed by atoms with Gasteiger partial charge in [-0.1, -0.05) is 55.8 Å². The van der Waals surface area contributed by atoms with E-state index in [1.165, 1.54) is 5.57 Å². The van der Waals surface area contributed by atoms with Gasteiger partial charge in [-0.05, 0) is 67.1 Å². The maximum atomic E-state index is 12.5. The third kappa shape index (κ3) is 4.41. The van der Waals surface area contributed by atoms with E-state index < -0.39 is 11.5 Å². The molecule has 4 rings (SSSR count). The molecule has 6 heteroatoms. The second-order valence-corrected chi connectivity index (χ2v) is 11.0. The Morgan fingerprint density at radius 3 is 2.73 bits per heavy atom. The summed E-state index contributed by atoms with van der Waals surface area (Å²) in [4.78, 5) is 12.5. The number of esters is 1. The van der Waals surface area contributed by atoms with Gasteiger partial charge in [-0.15, -0.1) is 0 Å². The minimum atomic E-state index is -0.530. The number of nitrogens with one attached hydrogen (secondary N) is 1. The van der Waals surface area contributed by atoms with Crippen LogP contribution in [0.4, 0.5) is 0 Å². The molecule has 5 nitrogen and oxygen atoms in total. The third-order valence-corrected chi connectivity index (χ3v) is 9.16. The Morgan fingerprint density at radius 1 is 1.30 bits per heavy atom. The van der Waals surface area contributed by atoms with Crippen LogP contribution in [0.3, 0.4) is 0 Å². The van der Waals surface area contributed by atoms with Gasteiger partial charge in [0.1, 0.15) is 6.61 Å². The largest absolute Gasteiger partial charge is 0.458 e. The molecule has 3 unspecified atom stereocenters. The Hall–Kier alpha value is -1.66. The van der Waals surface area contributed by atoms with Gasteiger partial charge in [-0.2, -0.15) is 0 Å². The molecule has 0 bridgehead atoms. The molecule has 0 amide bonds. The first-order valence-electron chi connectivity index (χ1n) is 12.0. The molecule has 33 heavy (non-hydrogen) atoms. The first-order valence-corrected chi connectivity index (χ1v) is 12.4. The summed E-state index contributed by atoms with van der Waals surface area (Å²) >= 11 is 6.38. The second-order valence-electron chi connectivity index (χ2n) is 10.5. The molecule has 3 aliphatic rings. The van der Waals surface area contributed by atoms with Crippen molar-refractivity contribution in [2.24, 2.45) is 22.7 Å². The number of allylic oxidation sites excluding steroid dienone is 1.